The number of amides is 1. The molecule has 0 saturated carbocycles. The molecule has 0 aliphatic carbocycles. The van der Waals surface area contributed by atoms with Gasteiger partial charge >= 0.3 is 0 Å². The molecule has 22 heavy (non-hydrogen) atoms. The van der Waals surface area contributed by atoms with Crippen molar-refractivity contribution >= 4 is 28.6 Å². The summed E-state index contributed by atoms with van der Waals surface area (Å²) in [5.41, 5.74) is 2.61. The van der Waals surface area contributed by atoms with Gasteiger partial charge in [0.2, 0.25) is 0 Å². The Bertz CT molecular complexity index is 684. The fourth-order valence-electron chi connectivity index (χ4n) is 3.28. The Morgan fingerprint density at radius 2 is 2.23 bits per heavy atom. The molecule has 1 aromatic heterocycles. The minimum atomic E-state index is 0.160. The van der Waals surface area contributed by atoms with Crippen LogP contribution in [-0.2, 0) is 0 Å². The van der Waals surface area contributed by atoms with E-state index >= 15 is 0 Å². The molecule has 1 aliphatic rings. The zero-order valence-electron chi connectivity index (χ0n) is 13.2. The number of para-hydroxylation sites is 1. The van der Waals surface area contributed by atoms with E-state index < -0.39 is 0 Å². The summed E-state index contributed by atoms with van der Waals surface area (Å²) in [5.74, 6) is 1.93. The second kappa shape index (κ2) is 6.69. The summed E-state index contributed by atoms with van der Waals surface area (Å²) in [6, 6.07) is 9.86. The maximum absolute atomic E-state index is 13.0. The Labute approximate surface area is 136 Å². The zero-order chi connectivity index (χ0) is 15.5. The molecule has 1 atom stereocenters. The molecule has 3 rings (SSSR count). The third-order valence-electron chi connectivity index (χ3n) is 4.28. The van der Waals surface area contributed by atoms with Crippen molar-refractivity contribution in [2.75, 3.05) is 25.1 Å². The number of carbonyl (C=O) groups is 1. The van der Waals surface area contributed by atoms with Gasteiger partial charge in [-0.25, -0.2) is 0 Å². The summed E-state index contributed by atoms with van der Waals surface area (Å²) in [6.45, 7) is 3.71. The molecule has 1 aromatic carbocycles. The molecule has 0 N–H and O–H groups in total. The Morgan fingerprint density at radius 3 is 3.05 bits per heavy atom. The van der Waals surface area contributed by atoms with Gasteiger partial charge in [0.05, 0.1) is 11.1 Å². The fraction of sp³-hybridized carbons (Fsp3) is 0.444. The number of piperidine rings is 1. The lowest BCUT2D eigenvalue weighted by Gasteiger charge is -2.32. The molecule has 0 bridgehead atoms. The summed E-state index contributed by atoms with van der Waals surface area (Å²) >= 11 is 1.87. The van der Waals surface area contributed by atoms with Crippen molar-refractivity contribution in [3.05, 3.63) is 41.6 Å². The number of rotatable bonds is 3. The van der Waals surface area contributed by atoms with Crippen molar-refractivity contribution < 1.29 is 4.79 Å². The van der Waals surface area contributed by atoms with E-state index in [4.69, 9.17) is 0 Å². The highest BCUT2D eigenvalue weighted by Gasteiger charge is 2.25. The maximum Gasteiger partial charge on any atom is 0.254 e. The highest BCUT2D eigenvalue weighted by Crippen LogP contribution is 2.24. The smallest absolute Gasteiger partial charge is 0.254 e. The van der Waals surface area contributed by atoms with Crippen LogP contribution in [-0.4, -0.2) is 40.9 Å². The molecular weight excluding hydrogens is 292 g/mol. The van der Waals surface area contributed by atoms with Gasteiger partial charge in [-0.1, -0.05) is 18.2 Å². The standard InChI is InChI=1S/C18H22N2OS/c1-13-10-16(15-7-3-4-8-17(15)19-13)18(21)20-9-5-6-14(11-20)12-22-2/h3-4,7-8,10,14H,5-6,9,11-12H2,1-2H3/t14-/m0/s1. The first-order valence-electron chi connectivity index (χ1n) is 7.83. The number of likely N-dealkylation sites (tertiary alicyclic amines) is 1. The average molecular weight is 314 g/mol. The van der Waals surface area contributed by atoms with Crippen molar-refractivity contribution in [3.63, 3.8) is 0 Å². The minimum Gasteiger partial charge on any atom is -0.338 e. The number of pyridine rings is 1. The van der Waals surface area contributed by atoms with Gasteiger partial charge in [0.25, 0.3) is 5.91 Å². The van der Waals surface area contributed by atoms with Crippen LogP contribution in [0.5, 0.6) is 0 Å². The summed E-state index contributed by atoms with van der Waals surface area (Å²) in [4.78, 5) is 19.6. The third-order valence-corrected chi connectivity index (χ3v) is 5.09. The van der Waals surface area contributed by atoms with E-state index in [1.54, 1.807) is 0 Å². The van der Waals surface area contributed by atoms with E-state index in [0.29, 0.717) is 5.92 Å². The van der Waals surface area contributed by atoms with E-state index in [-0.39, 0.29) is 5.91 Å². The van der Waals surface area contributed by atoms with Crippen LogP contribution in [0.15, 0.2) is 30.3 Å². The predicted molar refractivity (Wildman–Crippen MR) is 93.5 cm³/mol. The number of aryl methyl sites for hydroxylation is 1. The number of aromatic nitrogens is 1. The zero-order valence-corrected chi connectivity index (χ0v) is 14.0. The normalized spacial score (nSPS) is 18.6. The van der Waals surface area contributed by atoms with Crippen LogP contribution in [0.3, 0.4) is 0 Å². The predicted octanol–water partition coefficient (Wildman–Crippen LogP) is 3.76. The Balaban J connectivity index is 1.91. The summed E-state index contributed by atoms with van der Waals surface area (Å²) < 4.78 is 0. The number of hydrogen-bond donors (Lipinski definition) is 0. The maximum atomic E-state index is 13.0. The van der Waals surface area contributed by atoms with Gasteiger partial charge in [-0.3, -0.25) is 9.78 Å². The topological polar surface area (TPSA) is 33.2 Å². The van der Waals surface area contributed by atoms with Crippen LogP contribution in [0.25, 0.3) is 10.9 Å². The van der Waals surface area contributed by atoms with Gasteiger partial charge in [-0.2, -0.15) is 11.8 Å². The van der Waals surface area contributed by atoms with Crippen molar-refractivity contribution in [3.8, 4) is 0 Å². The van der Waals surface area contributed by atoms with Crippen molar-refractivity contribution in [2.24, 2.45) is 5.92 Å². The molecule has 1 amide bonds. The summed E-state index contributed by atoms with van der Waals surface area (Å²) in [5, 5.41) is 0.963. The average Bonchev–Trinajstić information content (AvgIpc) is 2.54. The lowest BCUT2D eigenvalue weighted by molar-refractivity contribution is 0.0687. The molecular formula is C18H22N2OS. The van der Waals surface area contributed by atoms with Crippen LogP contribution < -0.4 is 0 Å². The van der Waals surface area contributed by atoms with Crippen molar-refractivity contribution in [2.45, 2.75) is 19.8 Å². The van der Waals surface area contributed by atoms with Crippen LogP contribution in [0, 0.1) is 12.8 Å². The number of hydrogen-bond acceptors (Lipinski definition) is 3. The number of nitrogens with zero attached hydrogens (tertiary/aromatic N) is 2. The molecule has 0 spiro atoms. The first kappa shape index (κ1) is 15.3. The Morgan fingerprint density at radius 1 is 1.41 bits per heavy atom. The minimum absolute atomic E-state index is 0.160. The third kappa shape index (κ3) is 3.12. The van der Waals surface area contributed by atoms with Gasteiger partial charge in [0.1, 0.15) is 0 Å². The lowest BCUT2D eigenvalue weighted by Crippen LogP contribution is -2.40. The van der Waals surface area contributed by atoms with Gasteiger partial charge < -0.3 is 4.90 Å². The largest absolute Gasteiger partial charge is 0.338 e. The lowest BCUT2D eigenvalue weighted by atomic mass is 9.98. The molecule has 1 saturated heterocycles. The van der Waals surface area contributed by atoms with Gasteiger partial charge in [-0.05, 0) is 49.8 Å². The number of fused-ring (bicyclic) bond motifs is 1. The molecule has 2 aromatic rings. The monoisotopic (exact) mass is 314 g/mol. The number of benzene rings is 1. The molecule has 1 fully saturated rings. The quantitative estimate of drug-likeness (QED) is 0.865. The van der Waals surface area contributed by atoms with E-state index in [0.717, 1.165) is 47.4 Å². The summed E-state index contributed by atoms with van der Waals surface area (Å²) in [7, 11) is 0. The molecule has 3 nitrogen and oxygen atoms in total. The molecule has 2 heterocycles. The molecule has 4 heteroatoms. The van der Waals surface area contributed by atoms with Crippen LogP contribution in [0.4, 0.5) is 0 Å². The second-order valence-electron chi connectivity index (χ2n) is 6.04. The summed E-state index contributed by atoms with van der Waals surface area (Å²) in [6.07, 6.45) is 4.49. The highest BCUT2D eigenvalue weighted by atomic mass is 32.2. The number of carbonyl (C=O) groups excluding carboxylic acids is 1. The van der Waals surface area contributed by atoms with Gasteiger partial charge in [0.15, 0.2) is 0 Å². The molecule has 0 unspecified atom stereocenters. The SMILES string of the molecule is CSC[C@H]1CCCN(C(=O)c2cc(C)nc3ccccc23)C1. The van der Waals surface area contributed by atoms with E-state index in [1.165, 1.54) is 6.42 Å². The highest BCUT2D eigenvalue weighted by molar-refractivity contribution is 7.98. The van der Waals surface area contributed by atoms with Crippen LogP contribution in [0.1, 0.15) is 28.9 Å². The Hall–Kier alpha value is -1.55. The van der Waals surface area contributed by atoms with Gasteiger partial charge in [0, 0.05) is 24.2 Å². The number of thioether (sulfide) groups is 1. The van der Waals surface area contributed by atoms with E-state index in [2.05, 4.69) is 11.2 Å². The Kier molecular flexibility index (Phi) is 4.67. The molecule has 116 valence electrons. The van der Waals surface area contributed by atoms with Gasteiger partial charge in [-0.15, -0.1) is 0 Å². The van der Waals surface area contributed by atoms with E-state index in [1.807, 2.05) is 53.9 Å². The van der Waals surface area contributed by atoms with Crippen molar-refractivity contribution in [1.29, 1.82) is 0 Å². The second-order valence-corrected chi connectivity index (χ2v) is 6.95. The van der Waals surface area contributed by atoms with E-state index in [9.17, 15) is 4.79 Å². The molecule has 1 aliphatic heterocycles. The first-order valence-corrected chi connectivity index (χ1v) is 9.23. The first-order chi connectivity index (χ1) is 10.7. The van der Waals surface area contributed by atoms with Crippen LogP contribution in [0.2, 0.25) is 0 Å². The molecule has 0 radical (unpaired) electrons. The van der Waals surface area contributed by atoms with Crippen molar-refractivity contribution in [1.82, 2.24) is 9.88 Å². The fourth-order valence-corrected chi connectivity index (χ4v) is 4.02. The van der Waals surface area contributed by atoms with Crippen LogP contribution >= 0.6 is 11.8 Å².